The summed E-state index contributed by atoms with van der Waals surface area (Å²) >= 11 is 9.22. The number of halogens is 2. The van der Waals surface area contributed by atoms with Gasteiger partial charge in [0.25, 0.3) is 5.91 Å². The maximum absolute atomic E-state index is 11.9. The summed E-state index contributed by atoms with van der Waals surface area (Å²) in [6.07, 6.45) is 0. The molecule has 0 unspecified atom stereocenters. The van der Waals surface area contributed by atoms with Crippen LogP contribution >= 0.6 is 27.5 Å². The molecule has 0 saturated carbocycles. The Hall–Kier alpha value is -1.85. The van der Waals surface area contributed by atoms with Gasteiger partial charge in [-0.2, -0.15) is 0 Å². The Morgan fingerprint density at radius 3 is 2.64 bits per heavy atom. The zero-order chi connectivity index (χ0) is 16.1. The van der Waals surface area contributed by atoms with Crippen LogP contribution in [0.2, 0.25) is 5.02 Å². The summed E-state index contributed by atoms with van der Waals surface area (Å²) in [6.45, 7) is 1.84. The van der Waals surface area contributed by atoms with E-state index >= 15 is 0 Å². The second-order valence-electron chi connectivity index (χ2n) is 4.71. The molecule has 2 rings (SSSR count). The topological polar surface area (TPSA) is 58.2 Å². The number of rotatable bonds is 4. The normalized spacial score (nSPS) is 10.1. The van der Waals surface area contributed by atoms with Crippen molar-refractivity contribution < 1.29 is 9.59 Å². The summed E-state index contributed by atoms with van der Waals surface area (Å²) < 4.78 is 0.910. The largest absolute Gasteiger partial charge is 0.343 e. The Morgan fingerprint density at radius 2 is 1.95 bits per heavy atom. The third-order valence-electron chi connectivity index (χ3n) is 2.95. The number of nitrogens with one attached hydrogen (secondary N) is 2. The van der Waals surface area contributed by atoms with E-state index in [-0.39, 0.29) is 18.4 Å². The highest BCUT2D eigenvalue weighted by Gasteiger charge is 2.09. The van der Waals surface area contributed by atoms with Crippen molar-refractivity contribution in [2.24, 2.45) is 0 Å². The van der Waals surface area contributed by atoms with E-state index < -0.39 is 0 Å². The van der Waals surface area contributed by atoms with Gasteiger partial charge in [-0.05, 0) is 42.8 Å². The van der Waals surface area contributed by atoms with Crippen LogP contribution in [0, 0.1) is 6.92 Å². The van der Waals surface area contributed by atoms with Crippen LogP contribution in [0.3, 0.4) is 0 Å². The Bertz CT molecular complexity index is 719. The minimum atomic E-state index is -0.345. The van der Waals surface area contributed by atoms with Crippen molar-refractivity contribution in [2.75, 3.05) is 11.9 Å². The first-order valence-corrected chi connectivity index (χ1v) is 7.72. The first-order chi connectivity index (χ1) is 10.5. The molecule has 0 aromatic heterocycles. The number of amides is 2. The lowest BCUT2D eigenvalue weighted by atomic mass is 10.2. The quantitative estimate of drug-likeness (QED) is 0.847. The van der Waals surface area contributed by atoms with E-state index in [1.807, 2.05) is 19.1 Å². The van der Waals surface area contributed by atoms with Crippen molar-refractivity contribution in [1.29, 1.82) is 0 Å². The van der Waals surface area contributed by atoms with Crippen LogP contribution in [0.25, 0.3) is 0 Å². The number of carbonyl (C=O) groups excluding carboxylic acids is 2. The smallest absolute Gasteiger partial charge is 0.251 e. The maximum Gasteiger partial charge on any atom is 0.251 e. The van der Waals surface area contributed by atoms with Gasteiger partial charge in [0, 0.05) is 20.7 Å². The van der Waals surface area contributed by atoms with Crippen molar-refractivity contribution in [3.63, 3.8) is 0 Å². The van der Waals surface area contributed by atoms with Crippen molar-refractivity contribution in [3.05, 3.63) is 63.1 Å². The van der Waals surface area contributed by atoms with Crippen molar-refractivity contribution in [1.82, 2.24) is 5.32 Å². The summed E-state index contributed by atoms with van der Waals surface area (Å²) in [4.78, 5) is 23.7. The minimum Gasteiger partial charge on any atom is -0.343 e. The number of hydrogen-bond donors (Lipinski definition) is 2. The molecule has 0 spiro atoms. The second-order valence-corrected chi connectivity index (χ2v) is 6.00. The van der Waals surface area contributed by atoms with Crippen LogP contribution < -0.4 is 10.6 Å². The zero-order valence-electron chi connectivity index (χ0n) is 11.8. The van der Waals surface area contributed by atoms with Gasteiger partial charge < -0.3 is 10.6 Å². The molecule has 2 aromatic carbocycles. The molecular formula is C16H14BrClN2O2. The Balaban J connectivity index is 1.90. The van der Waals surface area contributed by atoms with Crippen molar-refractivity contribution in [3.8, 4) is 0 Å². The molecule has 2 amide bonds. The lowest BCUT2D eigenvalue weighted by molar-refractivity contribution is -0.115. The van der Waals surface area contributed by atoms with E-state index in [1.165, 1.54) is 0 Å². The molecule has 2 aromatic rings. The molecule has 0 radical (unpaired) electrons. The summed E-state index contributed by atoms with van der Waals surface area (Å²) in [7, 11) is 0. The number of hydrogen-bond acceptors (Lipinski definition) is 2. The number of carbonyl (C=O) groups is 2. The fourth-order valence-corrected chi connectivity index (χ4v) is 2.34. The highest BCUT2D eigenvalue weighted by atomic mass is 79.9. The predicted molar refractivity (Wildman–Crippen MR) is 91.3 cm³/mol. The van der Waals surface area contributed by atoms with Crippen molar-refractivity contribution >= 4 is 45.0 Å². The van der Waals surface area contributed by atoms with Gasteiger partial charge >= 0.3 is 0 Å². The molecule has 114 valence electrons. The molecular weight excluding hydrogens is 368 g/mol. The van der Waals surface area contributed by atoms with E-state index in [4.69, 9.17) is 11.6 Å². The third-order valence-corrected chi connectivity index (χ3v) is 4.04. The van der Waals surface area contributed by atoms with Gasteiger partial charge in [0.05, 0.1) is 6.54 Å². The molecule has 0 heterocycles. The summed E-state index contributed by atoms with van der Waals surface area (Å²) in [6, 6.07) is 12.1. The van der Waals surface area contributed by atoms with Crippen LogP contribution in [0.1, 0.15) is 15.9 Å². The second kappa shape index (κ2) is 7.42. The minimum absolute atomic E-state index is 0.114. The summed E-state index contributed by atoms with van der Waals surface area (Å²) in [5.74, 6) is -0.645. The van der Waals surface area contributed by atoms with Crippen LogP contribution in [-0.4, -0.2) is 18.4 Å². The van der Waals surface area contributed by atoms with Crippen LogP contribution in [-0.2, 0) is 4.79 Å². The first kappa shape index (κ1) is 16.5. The van der Waals surface area contributed by atoms with E-state index in [0.717, 1.165) is 10.0 Å². The van der Waals surface area contributed by atoms with E-state index in [0.29, 0.717) is 16.3 Å². The summed E-state index contributed by atoms with van der Waals surface area (Å²) in [5, 5.41) is 5.74. The van der Waals surface area contributed by atoms with Gasteiger partial charge in [-0.1, -0.05) is 39.7 Å². The highest BCUT2D eigenvalue weighted by Crippen LogP contribution is 2.20. The number of benzene rings is 2. The average Bonchev–Trinajstić information content (AvgIpc) is 2.48. The molecule has 0 atom stereocenters. The van der Waals surface area contributed by atoms with Gasteiger partial charge in [0.2, 0.25) is 5.91 Å². The molecule has 6 heteroatoms. The van der Waals surface area contributed by atoms with E-state index in [2.05, 4.69) is 26.6 Å². The van der Waals surface area contributed by atoms with Crippen LogP contribution in [0.5, 0.6) is 0 Å². The maximum atomic E-state index is 11.9. The van der Waals surface area contributed by atoms with Gasteiger partial charge in [-0.15, -0.1) is 0 Å². The fourth-order valence-electron chi connectivity index (χ4n) is 1.77. The standard InChI is InChI=1S/C16H14BrClN2O2/c1-10-5-6-13(8-14(10)17)20-15(21)9-19-16(22)11-3-2-4-12(18)7-11/h2-8H,9H2,1H3,(H,19,22)(H,20,21). The number of aryl methyl sites for hydroxylation is 1. The van der Waals surface area contributed by atoms with Gasteiger partial charge in [0.15, 0.2) is 0 Å². The molecule has 0 bridgehead atoms. The Kier molecular flexibility index (Phi) is 5.57. The van der Waals surface area contributed by atoms with Gasteiger partial charge in [0.1, 0.15) is 0 Å². The zero-order valence-corrected chi connectivity index (χ0v) is 14.2. The van der Waals surface area contributed by atoms with E-state index in [9.17, 15) is 9.59 Å². The van der Waals surface area contributed by atoms with Crippen LogP contribution in [0.4, 0.5) is 5.69 Å². The SMILES string of the molecule is Cc1ccc(NC(=O)CNC(=O)c2cccc(Cl)c2)cc1Br. The molecule has 4 nitrogen and oxygen atoms in total. The first-order valence-electron chi connectivity index (χ1n) is 6.55. The van der Waals surface area contributed by atoms with Crippen LogP contribution in [0.15, 0.2) is 46.9 Å². The van der Waals surface area contributed by atoms with Gasteiger partial charge in [-0.3, -0.25) is 9.59 Å². The highest BCUT2D eigenvalue weighted by molar-refractivity contribution is 9.10. The number of anilines is 1. The molecule has 2 N–H and O–H groups in total. The molecule has 22 heavy (non-hydrogen) atoms. The van der Waals surface area contributed by atoms with E-state index in [1.54, 1.807) is 30.3 Å². The molecule has 0 aliphatic rings. The molecule has 0 saturated heterocycles. The molecule has 0 aliphatic heterocycles. The summed E-state index contributed by atoms with van der Waals surface area (Å²) in [5.41, 5.74) is 2.16. The Morgan fingerprint density at radius 1 is 1.18 bits per heavy atom. The fraction of sp³-hybridized carbons (Fsp3) is 0.125. The lowest BCUT2D eigenvalue weighted by Crippen LogP contribution is -2.32. The van der Waals surface area contributed by atoms with Crippen molar-refractivity contribution in [2.45, 2.75) is 6.92 Å². The molecule has 0 aliphatic carbocycles. The Labute approximate surface area is 142 Å². The predicted octanol–water partition coefficient (Wildman–Crippen LogP) is 3.78. The van der Waals surface area contributed by atoms with Gasteiger partial charge in [-0.25, -0.2) is 0 Å². The molecule has 0 fully saturated rings. The monoisotopic (exact) mass is 380 g/mol. The average molecular weight is 382 g/mol. The lowest BCUT2D eigenvalue weighted by Gasteiger charge is -2.08. The third kappa shape index (κ3) is 4.58.